The normalized spacial score (nSPS) is 12.8. The molecule has 0 spiro atoms. The van der Waals surface area contributed by atoms with Crippen molar-refractivity contribution in [1.29, 1.82) is 0 Å². The van der Waals surface area contributed by atoms with Crippen LogP contribution in [0.15, 0.2) is 66.4 Å². The molecule has 9 heteroatoms. The number of benzene rings is 2. The summed E-state index contributed by atoms with van der Waals surface area (Å²) in [6.45, 7) is -0.636. The Labute approximate surface area is 177 Å². The van der Waals surface area contributed by atoms with E-state index in [-0.39, 0.29) is 42.3 Å². The van der Waals surface area contributed by atoms with Crippen molar-refractivity contribution in [3.63, 3.8) is 0 Å². The molecule has 3 N–H and O–H groups in total. The molecule has 1 heterocycles. The number of ketones is 2. The van der Waals surface area contributed by atoms with Gasteiger partial charge < -0.3 is 20.7 Å². The molecule has 2 aromatic rings. The Morgan fingerprint density at radius 3 is 2.35 bits per heavy atom. The lowest BCUT2D eigenvalue weighted by Gasteiger charge is -2.16. The van der Waals surface area contributed by atoms with E-state index in [1.807, 2.05) is 0 Å². The van der Waals surface area contributed by atoms with Gasteiger partial charge >= 0.3 is 0 Å². The van der Waals surface area contributed by atoms with Crippen molar-refractivity contribution in [1.82, 2.24) is 10.2 Å². The number of primary amides is 1. The summed E-state index contributed by atoms with van der Waals surface area (Å²) in [4.78, 5) is 61.1. The Morgan fingerprint density at radius 2 is 1.65 bits per heavy atom. The Kier molecular flexibility index (Phi) is 6.56. The molecular formula is C22H19N3O6. The van der Waals surface area contributed by atoms with Gasteiger partial charge in [0.1, 0.15) is 18.1 Å². The fourth-order valence-corrected chi connectivity index (χ4v) is 2.88. The first-order chi connectivity index (χ1) is 14.8. The molecule has 0 bridgehead atoms. The number of hydrogen-bond donors (Lipinski definition) is 2. The Hall–Kier alpha value is -4.27. The Morgan fingerprint density at radius 1 is 0.968 bits per heavy atom. The second-order valence-corrected chi connectivity index (χ2v) is 6.67. The third kappa shape index (κ3) is 5.41. The van der Waals surface area contributed by atoms with Gasteiger partial charge in [0, 0.05) is 11.6 Å². The van der Waals surface area contributed by atoms with Crippen LogP contribution >= 0.6 is 0 Å². The largest absolute Gasteiger partial charge is 0.459 e. The van der Waals surface area contributed by atoms with E-state index in [2.05, 4.69) is 5.32 Å². The van der Waals surface area contributed by atoms with Gasteiger partial charge in [-0.25, -0.2) is 0 Å². The Balaban J connectivity index is 1.69. The number of nitrogens with zero attached hydrogens (tertiary/aromatic N) is 1. The first-order valence-corrected chi connectivity index (χ1v) is 9.30. The maximum atomic E-state index is 12.7. The minimum absolute atomic E-state index is 0.0159. The fourth-order valence-electron chi connectivity index (χ4n) is 2.88. The molecule has 0 unspecified atom stereocenters. The predicted octanol–water partition coefficient (Wildman–Crippen LogP) is 0.459. The second kappa shape index (κ2) is 9.49. The van der Waals surface area contributed by atoms with Crippen molar-refractivity contribution in [3.05, 3.63) is 77.6 Å². The van der Waals surface area contributed by atoms with Crippen molar-refractivity contribution in [2.24, 2.45) is 5.73 Å². The van der Waals surface area contributed by atoms with Crippen LogP contribution in [0, 0.1) is 0 Å². The maximum absolute atomic E-state index is 12.7. The van der Waals surface area contributed by atoms with Gasteiger partial charge in [0.05, 0.1) is 18.7 Å². The molecule has 0 aliphatic carbocycles. The highest BCUT2D eigenvalue weighted by Gasteiger charge is 2.27. The zero-order valence-corrected chi connectivity index (χ0v) is 16.4. The van der Waals surface area contributed by atoms with E-state index in [1.54, 1.807) is 42.5 Å². The molecule has 0 saturated carbocycles. The van der Waals surface area contributed by atoms with Crippen LogP contribution in [0.5, 0.6) is 5.75 Å². The molecule has 0 saturated heterocycles. The van der Waals surface area contributed by atoms with Gasteiger partial charge in [0.25, 0.3) is 5.91 Å². The van der Waals surface area contributed by atoms with Crippen LogP contribution in [0.25, 0.3) is 0 Å². The van der Waals surface area contributed by atoms with E-state index in [9.17, 15) is 24.0 Å². The summed E-state index contributed by atoms with van der Waals surface area (Å²) in [5.41, 5.74) is 5.28. The van der Waals surface area contributed by atoms with E-state index < -0.39 is 29.3 Å². The maximum Gasteiger partial charge on any atom is 0.250 e. The van der Waals surface area contributed by atoms with E-state index >= 15 is 0 Å². The van der Waals surface area contributed by atoms with E-state index in [1.165, 1.54) is 23.1 Å². The number of rotatable bonds is 9. The quantitative estimate of drug-likeness (QED) is 0.446. The van der Waals surface area contributed by atoms with Crippen molar-refractivity contribution < 1.29 is 28.7 Å². The SMILES string of the molecule is NC(=O)CNC(=O)CN1CC(Oc2ccccc2C(=O)C(=O)c2ccccc2)=CC1=O. The van der Waals surface area contributed by atoms with Crippen molar-refractivity contribution in [2.75, 3.05) is 19.6 Å². The summed E-state index contributed by atoms with van der Waals surface area (Å²) in [7, 11) is 0. The van der Waals surface area contributed by atoms with Gasteiger partial charge in [0.2, 0.25) is 23.4 Å². The summed E-state index contributed by atoms with van der Waals surface area (Å²) in [6.07, 6.45) is 1.20. The topological polar surface area (TPSA) is 136 Å². The lowest BCUT2D eigenvalue weighted by atomic mass is 10.0. The molecule has 1 aliphatic heterocycles. The molecule has 0 radical (unpaired) electrons. The van der Waals surface area contributed by atoms with Gasteiger partial charge in [-0.05, 0) is 12.1 Å². The number of amides is 3. The number of ether oxygens (including phenoxy) is 1. The fraction of sp³-hybridized carbons (Fsp3) is 0.136. The summed E-state index contributed by atoms with van der Waals surface area (Å²) >= 11 is 0. The van der Waals surface area contributed by atoms with E-state index in [4.69, 9.17) is 10.5 Å². The van der Waals surface area contributed by atoms with Gasteiger partial charge in [0.15, 0.2) is 0 Å². The van der Waals surface area contributed by atoms with E-state index in [0.29, 0.717) is 0 Å². The number of hydrogen-bond acceptors (Lipinski definition) is 6. The lowest BCUT2D eigenvalue weighted by Crippen LogP contribution is -2.41. The second-order valence-electron chi connectivity index (χ2n) is 6.67. The molecule has 0 aromatic heterocycles. The molecule has 1 aliphatic rings. The summed E-state index contributed by atoms with van der Waals surface area (Å²) < 4.78 is 5.71. The highest BCUT2D eigenvalue weighted by molar-refractivity contribution is 6.49. The third-order valence-electron chi connectivity index (χ3n) is 4.35. The van der Waals surface area contributed by atoms with Crippen LogP contribution in [0.1, 0.15) is 20.7 Å². The first-order valence-electron chi connectivity index (χ1n) is 9.30. The van der Waals surface area contributed by atoms with Crippen LogP contribution in [0.2, 0.25) is 0 Å². The monoisotopic (exact) mass is 421 g/mol. The zero-order chi connectivity index (χ0) is 22.4. The minimum atomic E-state index is -0.741. The molecular weight excluding hydrogens is 402 g/mol. The molecule has 2 aromatic carbocycles. The number of carbonyl (C=O) groups is 5. The van der Waals surface area contributed by atoms with Gasteiger partial charge in [-0.1, -0.05) is 42.5 Å². The average Bonchev–Trinajstić information content (AvgIpc) is 3.10. The average molecular weight is 421 g/mol. The van der Waals surface area contributed by atoms with Gasteiger partial charge in [-0.3, -0.25) is 24.0 Å². The molecule has 9 nitrogen and oxygen atoms in total. The van der Waals surface area contributed by atoms with Crippen molar-refractivity contribution >= 4 is 29.3 Å². The predicted molar refractivity (Wildman–Crippen MR) is 109 cm³/mol. The standard InChI is InChI=1S/C22H19N3O6/c23-18(26)11-24-19(27)13-25-12-15(10-20(25)28)31-17-9-5-4-8-16(17)22(30)21(29)14-6-2-1-3-7-14/h1-10H,11-13H2,(H2,23,26)(H,24,27). The Bertz CT molecular complexity index is 1080. The van der Waals surface area contributed by atoms with Crippen LogP contribution < -0.4 is 15.8 Å². The number of nitrogens with two attached hydrogens (primary N) is 1. The summed E-state index contributed by atoms with van der Waals surface area (Å²) in [6, 6.07) is 14.4. The summed E-state index contributed by atoms with van der Waals surface area (Å²) in [5, 5.41) is 2.29. The highest BCUT2D eigenvalue weighted by atomic mass is 16.5. The smallest absolute Gasteiger partial charge is 0.250 e. The van der Waals surface area contributed by atoms with Crippen molar-refractivity contribution in [3.8, 4) is 5.75 Å². The number of para-hydroxylation sites is 1. The van der Waals surface area contributed by atoms with Gasteiger partial charge in [-0.2, -0.15) is 0 Å². The first kappa shape index (κ1) is 21.4. The minimum Gasteiger partial charge on any atom is -0.459 e. The van der Waals surface area contributed by atoms with Crippen molar-refractivity contribution in [2.45, 2.75) is 0 Å². The highest BCUT2D eigenvalue weighted by Crippen LogP contribution is 2.24. The van der Waals surface area contributed by atoms with Crippen LogP contribution in [-0.4, -0.2) is 53.8 Å². The number of nitrogens with one attached hydrogen (secondary N) is 1. The molecule has 158 valence electrons. The van der Waals surface area contributed by atoms with Crippen LogP contribution in [0.4, 0.5) is 0 Å². The summed E-state index contributed by atoms with van der Waals surface area (Å²) in [5.74, 6) is -2.81. The molecule has 3 amide bonds. The lowest BCUT2D eigenvalue weighted by molar-refractivity contribution is -0.131. The molecule has 0 fully saturated rings. The molecule has 3 rings (SSSR count). The number of carbonyl (C=O) groups excluding carboxylic acids is 5. The number of Topliss-reactive ketones (excluding diaryl/α,β-unsaturated/α-hetero) is 2. The third-order valence-corrected chi connectivity index (χ3v) is 4.35. The van der Waals surface area contributed by atoms with E-state index in [0.717, 1.165) is 0 Å². The van der Waals surface area contributed by atoms with Crippen LogP contribution in [0.3, 0.4) is 0 Å². The molecule has 0 atom stereocenters. The van der Waals surface area contributed by atoms with Crippen LogP contribution in [-0.2, 0) is 14.4 Å². The zero-order valence-electron chi connectivity index (χ0n) is 16.4. The molecule has 31 heavy (non-hydrogen) atoms. The van der Waals surface area contributed by atoms with Gasteiger partial charge in [-0.15, -0.1) is 0 Å².